The van der Waals surface area contributed by atoms with Crippen LogP contribution in [0.3, 0.4) is 0 Å². The van der Waals surface area contributed by atoms with Crippen LogP contribution in [0.1, 0.15) is 21.5 Å². The molecule has 0 aliphatic carbocycles. The number of nitro groups is 1. The fraction of sp³-hybridized carbons (Fsp3) is 0.231. The lowest BCUT2D eigenvalue weighted by Crippen LogP contribution is -2.46. The number of amides is 1. The molecular formula is C26H26ClN5O3S. The largest absolute Gasteiger partial charge is 0.369 e. The number of anilines is 2. The van der Waals surface area contributed by atoms with E-state index < -0.39 is 10.8 Å². The number of halogens is 1. The molecule has 3 aromatic carbocycles. The van der Waals surface area contributed by atoms with Gasteiger partial charge in [-0.3, -0.25) is 25.1 Å². The maximum atomic E-state index is 12.6. The van der Waals surface area contributed by atoms with Gasteiger partial charge in [-0.25, -0.2) is 0 Å². The maximum Gasteiger partial charge on any atom is 0.273 e. The Hall–Kier alpha value is -3.53. The van der Waals surface area contributed by atoms with Gasteiger partial charge in [0.1, 0.15) is 0 Å². The fourth-order valence-electron chi connectivity index (χ4n) is 4.19. The van der Waals surface area contributed by atoms with Gasteiger partial charge >= 0.3 is 0 Å². The summed E-state index contributed by atoms with van der Waals surface area (Å²) in [5.74, 6) is -0.500. The Morgan fingerprint density at radius 3 is 2.39 bits per heavy atom. The average molecular weight is 524 g/mol. The topological polar surface area (TPSA) is 90.8 Å². The van der Waals surface area contributed by atoms with E-state index >= 15 is 0 Å². The summed E-state index contributed by atoms with van der Waals surface area (Å²) in [7, 11) is 0. The molecule has 1 aliphatic rings. The molecule has 2 N–H and O–H groups in total. The van der Waals surface area contributed by atoms with E-state index in [-0.39, 0.29) is 16.4 Å². The summed E-state index contributed by atoms with van der Waals surface area (Å²) >= 11 is 11.6. The highest BCUT2D eigenvalue weighted by Crippen LogP contribution is 2.23. The molecule has 0 unspecified atom stereocenters. The summed E-state index contributed by atoms with van der Waals surface area (Å²) in [6.07, 6.45) is 0. The minimum absolute atomic E-state index is 0.109. The predicted octanol–water partition coefficient (Wildman–Crippen LogP) is 5.01. The van der Waals surface area contributed by atoms with Gasteiger partial charge < -0.3 is 10.2 Å². The van der Waals surface area contributed by atoms with Crippen LogP contribution in [0.15, 0.2) is 66.7 Å². The number of piperazine rings is 1. The van der Waals surface area contributed by atoms with Crippen molar-refractivity contribution in [1.29, 1.82) is 0 Å². The van der Waals surface area contributed by atoms with Crippen LogP contribution >= 0.6 is 23.8 Å². The highest BCUT2D eigenvalue weighted by Gasteiger charge is 2.20. The zero-order valence-electron chi connectivity index (χ0n) is 19.7. The minimum atomic E-state index is -0.511. The number of benzene rings is 3. The van der Waals surface area contributed by atoms with Crippen molar-refractivity contribution in [2.24, 2.45) is 0 Å². The fourth-order valence-corrected chi connectivity index (χ4v) is 4.59. The van der Waals surface area contributed by atoms with Crippen LogP contribution in [0.25, 0.3) is 0 Å². The maximum absolute atomic E-state index is 12.6. The smallest absolute Gasteiger partial charge is 0.273 e. The molecule has 3 aromatic rings. The van der Waals surface area contributed by atoms with Crippen molar-refractivity contribution in [3.05, 3.63) is 98.6 Å². The lowest BCUT2D eigenvalue weighted by atomic mass is 10.1. The Kier molecular flexibility index (Phi) is 8.14. The van der Waals surface area contributed by atoms with Crippen molar-refractivity contribution in [2.45, 2.75) is 13.5 Å². The van der Waals surface area contributed by atoms with E-state index in [2.05, 4.69) is 26.5 Å². The summed E-state index contributed by atoms with van der Waals surface area (Å²) < 4.78 is 0. The molecule has 0 aromatic heterocycles. The van der Waals surface area contributed by atoms with Crippen molar-refractivity contribution in [3.63, 3.8) is 0 Å². The van der Waals surface area contributed by atoms with Crippen LogP contribution in [0.4, 0.5) is 17.1 Å². The first-order valence-corrected chi connectivity index (χ1v) is 12.3. The minimum Gasteiger partial charge on any atom is -0.369 e. The normalized spacial score (nSPS) is 13.8. The second-order valence-corrected chi connectivity index (χ2v) is 9.33. The summed E-state index contributed by atoms with van der Waals surface area (Å²) in [5.41, 5.74) is 3.38. The first-order valence-electron chi connectivity index (χ1n) is 11.5. The molecule has 1 heterocycles. The molecule has 4 rings (SSSR count). The van der Waals surface area contributed by atoms with Gasteiger partial charge in [0.15, 0.2) is 5.11 Å². The van der Waals surface area contributed by atoms with Gasteiger partial charge in [-0.1, -0.05) is 35.9 Å². The monoisotopic (exact) mass is 523 g/mol. The van der Waals surface area contributed by atoms with Crippen LogP contribution < -0.4 is 15.5 Å². The second-order valence-electron chi connectivity index (χ2n) is 8.52. The summed E-state index contributed by atoms with van der Waals surface area (Å²) in [4.78, 5) is 27.9. The first kappa shape index (κ1) is 25.6. The lowest BCUT2D eigenvalue weighted by Gasteiger charge is -2.36. The average Bonchev–Trinajstić information content (AvgIpc) is 2.86. The SMILES string of the molecule is Cc1c(C(=O)NC(=S)Nc2ccc(N3CCN(Cc4ccccc4Cl)CC3)cc2)cccc1[N+](=O)[O-]. The van der Waals surface area contributed by atoms with E-state index in [9.17, 15) is 14.9 Å². The molecule has 1 saturated heterocycles. The number of carbonyl (C=O) groups is 1. The van der Waals surface area contributed by atoms with Crippen LogP contribution in [0, 0.1) is 17.0 Å². The third kappa shape index (κ3) is 6.17. The molecule has 36 heavy (non-hydrogen) atoms. The molecule has 0 radical (unpaired) electrons. The number of nitrogens with zero attached hydrogens (tertiary/aromatic N) is 3. The standard InChI is InChI=1S/C26H26ClN5O3S/c1-18-22(6-4-8-24(18)32(34)35)25(33)29-26(36)28-20-9-11-21(12-10-20)31-15-13-30(14-16-31)17-19-5-2-3-7-23(19)27/h2-12H,13-17H2,1H3,(H2,28,29,33,36). The zero-order chi connectivity index (χ0) is 25.7. The molecule has 1 amide bonds. The molecular weight excluding hydrogens is 498 g/mol. The second kappa shape index (κ2) is 11.5. The van der Waals surface area contributed by atoms with Gasteiger partial charge in [0.25, 0.3) is 11.6 Å². The number of rotatable bonds is 6. The van der Waals surface area contributed by atoms with Crippen LogP contribution in [-0.2, 0) is 6.54 Å². The van der Waals surface area contributed by atoms with Gasteiger partial charge in [-0.15, -0.1) is 0 Å². The molecule has 186 valence electrons. The Balaban J connectivity index is 1.29. The summed E-state index contributed by atoms with van der Waals surface area (Å²) in [6.45, 7) is 6.09. The quantitative estimate of drug-likeness (QED) is 0.267. The van der Waals surface area contributed by atoms with Crippen molar-refractivity contribution in [3.8, 4) is 0 Å². The number of hydrogen-bond acceptors (Lipinski definition) is 6. The van der Waals surface area contributed by atoms with Gasteiger partial charge in [0, 0.05) is 66.3 Å². The number of thiocarbonyl (C=S) groups is 1. The van der Waals surface area contributed by atoms with E-state index in [0.29, 0.717) is 5.56 Å². The van der Waals surface area contributed by atoms with Gasteiger partial charge in [-0.05, 0) is 61.1 Å². The van der Waals surface area contributed by atoms with Crippen LogP contribution in [0.2, 0.25) is 5.02 Å². The molecule has 0 spiro atoms. The van der Waals surface area contributed by atoms with Crippen molar-refractivity contribution in [2.75, 3.05) is 36.4 Å². The third-order valence-corrected chi connectivity index (χ3v) is 6.76. The van der Waals surface area contributed by atoms with E-state index in [1.165, 1.54) is 18.2 Å². The molecule has 0 atom stereocenters. The first-order chi connectivity index (χ1) is 17.3. The number of nitrogens with one attached hydrogen (secondary N) is 2. The zero-order valence-corrected chi connectivity index (χ0v) is 21.3. The van der Waals surface area contributed by atoms with E-state index in [1.807, 2.05) is 42.5 Å². The summed E-state index contributed by atoms with van der Waals surface area (Å²) in [5, 5.41) is 17.6. The van der Waals surface area contributed by atoms with Crippen LogP contribution in [0.5, 0.6) is 0 Å². The summed E-state index contributed by atoms with van der Waals surface area (Å²) in [6, 6.07) is 20.2. The van der Waals surface area contributed by atoms with E-state index in [0.717, 1.165) is 54.7 Å². The lowest BCUT2D eigenvalue weighted by molar-refractivity contribution is -0.385. The molecule has 8 nitrogen and oxygen atoms in total. The van der Waals surface area contributed by atoms with E-state index in [4.69, 9.17) is 23.8 Å². The molecule has 1 fully saturated rings. The Bertz CT molecular complexity index is 1280. The molecule has 10 heteroatoms. The molecule has 0 saturated carbocycles. The number of hydrogen-bond donors (Lipinski definition) is 2. The number of nitro benzene ring substituents is 1. The predicted molar refractivity (Wildman–Crippen MR) is 147 cm³/mol. The van der Waals surface area contributed by atoms with Gasteiger partial charge in [0.2, 0.25) is 0 Å². The van der Waals surface area contributed by atoms with Crippen molar-refractivity contribution < 1.29 is 9.72 Å². The Morgan fingerprint density at radius 2 is 1.72 bits per heavy atom. The van der Waals surface area contributed by atoms with Gasteiger partial charge in [-0.2, -0.15) is 0 Å². The van der Waals surface area contributed by atoms with E-state index in [1.54, 1.807) is 6.92 Å². The van der Waals surface area contributed by atoms with Gasteiger partial charge in [0.05, 0.1) is 4.92 Å². The highest BCUT2D eigenvalue weighted by atomic mass is 35.5. The van der Waals surface area contributed by atoms with Crippen LogP contribution in [-0.4, -0.2) is 47.0 Å². The Labute approximate surface area is 220 Å². The Morgan fingerprint density at radius 1 is 1.03 bits per heavy atom. The van der Waals surface area contributed by atoms with Crippen molar-refractivity contribution >= 4 is 51.9 Å². The highest BCUT2D eigenvalue weighted by molar-refractivity contribution is 7.80. The third-order valence-electron chi connectivity index (χ3n) is 6.19. The molecule has 1 aliphatic heterocycles. The number of carbonyl (C=O) groups excluding carboxylic acids is 1. The van der Waals surface area contributed by atoms with Crippen molar-refractivity contribution in [1.82, 2.24) is 10.2 Å². The molecule has 0 bridgehead atoms.